The van der Waals surface area contributed by atoms with Gasteiger partial charge in [-0.25, -0.2) is 0 Å². The zero-order chi connectivity index (χ0) is 11.9. The van der Waals surface area contributed by atoms with Gasteiger partial charge in [0.25, 0.3) is 0 Å². The molecule has 0 radical (unpaired) electrons. The van der Waals surface area contributed by atoms with E-state index in [0.29, 0.717) is 4.88 Å². The van der Waals surface area contributed by atoms with Crippen LogP contribution in [0.4, 0.5) is 13.2 Å². The van der Waals surface area contributed by atoms with Crippen LogP contribution in [0.2, 0.25) is 0 Å². The van der Waals surface area contributed by atoms with Gasteiger partial charge in [0.05, 0.1) is 0 Å². The summed E-state index contributed by atoms with van der Waals surface area (Å²) in [6, 6.07) is -0.151. The summed E-state index contributed by atoms with van der Waals surface area (Å²) in [5.41, 5.74) is 2.13. The molecule has 0 spiro atoms. The van der Waals surface area contributed by atoms with Gasteiger partial charge >= 0.3 is 6.18 Å². The van der Waals surface area contributed by atoms with E-state index in [-0.39, 0.29) is 5.56 Å². The Balaban J connectivity index is 3.32. The third-order valence-electron chi connectivity index (χ3n) is 2.36. The lowest BCUT2D eigenvalue weighted by Gasteiger charge is -2.34. The van der Waals surface area contributed by atoms with Crippen LogP contribution in [-0.2, 0) is 5.60 Å². The Kier molecular flexibility index (Phi) is 3.14. The van der Waals surface area contributed by atoms with Gasteiger partial charge in [-0.05, 0) is 25.3 Å². The molecule has 0 saturated carbocycles. The van der Waals surface area contributed by atoms with E-state index in [4.69, 9.17) is 5.73 Å². The summed E-state index contributed by atoms with van der Waals surface area (Å²) in [6.45, 7) is 2.67. The topological polar surface area (TPSA) is 46.2 Å². The number of thiophene rings is 1. The molecular weight excluding hydrogens is 227 g/mol. The van der Waals surface area contributed by atoms with Crippen LogP contribution in [0.15, 0.2) is 11.4 Å². The van der Waals surface area contributed by atoms with Crippen LogP contribution in [0.25, 0.3) is 0 Å². The number of nitrogens with two attached hydrogens (primary N) is 1. The zero-order valence-corrected chi connectivity index (χ0v) is 9.12. The maximum Gasteiger partial charge on any atom is 0.423 e. The normalized spacial score (nSPS) is 18.6. The van der Waals surface area contributed by atoms with E-state index in [1.54, 1.807) is 0 Å². The van der Waals surface area contributed by atoms with Crippen LogP contribution in [0.3, 0.4) is 0 Å². The zero-order valence-electron chi connectivity index (χ0n) is 8.30. The lowest BCUT2D eigenvalue weighted by molar-refractivity contribution is -0.272. The second-order valence-electron chi connectivity index (χ2n) is 3.44. The van der Waals surface area contributed by atoms with Crippen molar-refractivity contribution < 1.29 is 18.3 Å². The fourth-order valence-corrected chi connectivity index (χ4v) is 2.20. The van der Waals surface area contributed by atoms with Crippen LogP contribution < -0.4 is 5.73 Å². The molecule has 6 heteroatoms. The fraction of sp³-hybridized carbons (Fsp3) is 0.556. The van der Waals surface area contributed by atoms with Crippen molar-refractivity contribution >= 4 is 11.3 Å². The molecule has 15 heavy (non-hydrogen) atoms. The van der Waals surface area contributed by atoms with Crippen molar-refractivity contribution in [3.8, 4) is 0 Å². The average molecular weight is 239 g/mol. The van der Waals surface area contributed by atoms with Crippen molar-refractivity contribution in [1.82, 2.24) is 0 Å². The predicted octanol–water partition coefficient (Wildman–Crippen LogP) is 2.15. The highest BCUT2D eigenvalue weighted by atomic mass is 32.1. The molecule has 2 atom stereocenters. The van der Waals surface area contributed by atoms with Gasteiger partial charge < -0.3 is 10.8 Å². The van der Waals surface area contributed by atoms with Gasteiger partial charge in [0.1, 0.15) is 0 Å². The molecular formula is C9H12F3NOS. The summed E-state index contributed by atoms with van der Waals surface area (Å²) in [6.07, 6.45) is -4.77. The Morgan fingerprint density at radius 1 is 1.47 bits per heavy atom. The Morgan fingerprint density at radius 3 is 2.27 bits per heavy atom. The SMILES string of the molecule is Cc1sccc1C(O)(C(C)N)C(F)(F)F. The summed E-state index contributed by atoms with van der Waals surface area (Å²) < 4.78 is 38.3. The van der Waals surface area contributed by atoms with Crippen molar-refractivity contribution in [1.29, 1.82) is 0 Å². The second kappa shape index (κ2) is 3.77. The molecule has 0 amide bonds. The van der Waals surface area contributed by atoms with E-state index in [1.807, 2.05) is 0 Å². The average Bonchev–Trinajstić information content (AvgIpc) is 2.47. The smallest absolute Gasteiger partial charge is 0.375 e. The van der Waals surface area contributed by atoms with Gasteiger partial charge in [-0.1, -0.05) is 0 Å². The van der Waals surface area contributed by atoms with E-state index in [1.165, 1.54) is 18.4 Å². The molecule has 0 bridgehead atoms. The minimum Gasteiger partial charge on any atom is -0.375 e. The number of halogens is 3. The Bertz CT molecular complexity index is 347. The highest BCUT2D eigenvalue weighted by molar-refractivity contribution is 7.10. The van der Waals surface area contributed by atoms with Gasteiger partial charge in [0, 0.05) is 16.5 Å². The van der Waals surface area contributed by atoms with E-state index in [9.17, 15) is 18.3 Å². The molecule has 3 N–H and O–H groups in total. The summed E-state index contributed by atoms with van der Waals surface area (Å²) >= 11 is 1.15. The number of alkyl halides is 3. The van der Waals surface area contributed by atoms with Crippen LogP contribution in [0, 0.1) is 6.92 Å². The molecule has 0 fully saturated rings. The van der Waals surface area contributed by atoms with E-state index < -0.39 is 17.8 Å². The first-order valence-electron chi connectivity index (χ1n) is 4.30. The third kappa shape index (κ3) is 1.89. The van der Waals surface area contributed by atoms with Crippen LogP contribution >= 0.6 is 11.3 Å². The Morgan fingerprint density at radius 2 is 2.00 bits per heavy atom. The summed E-state index contributed by atoms with van der Waals surface area (Å²) in [5.74, 6) is 0. The quantitative estimate of drug-likeness (QED) is 0.830. The van der Waals surface area contributed by atoms with E-state index in [0.717, 1.165) is 18.3 Å². The highest BCUT2D eigenvalue weighted by Gasteiger charge is 2.58. The Labute approximate surface area is 89.5 Å². The number of hydrogen-bond acceptors (Lipinski definition) is 3. The molecule has 0 aliphatic heterocycles. The molecule has 1 aromatic rings. The van der Waals surface area contributed by atoms with Gasteiger partial charge in [-0.2, -0.15) is 13.2 Å². The van der Waals surface area contributed by atoms with Gasteiger partial charge in [-0.15, -0.1) is 11.3 Å². The van der Waals surface area contributed by atoms with Gasteiger partial charge in [0.15, 0.2) is 0 Å². The summed E-state index contributed by atoms with van der Waals surface area (Å²) in [4.78, 5) is 0.423. The fourth-order valence-electron chi connectivity index (χ4n) is 1.44. The standard InChI is InChI=1S/C9H12F3NOS/c1-5-7(3-4-15-5)8(14,6(2)13)9(10,11)12/h3-4,6,14H,13H2,1-2H3. The first-order chi connectivity index (χ1) is 6.71. The highest BCUT2D eigenvalue weighted by Crippen LogP contribution is 2.43. The summed E-state index contributed by atoms with van der Waals surface area (Å²) in [5, 5.41) is 11.2. The molecule has 86 valence electrons. The van der Waals surface area contributed by atoms with Crippen molar-refractivity contribution in [3.63, 3.8) is 0 Å². The number of rotatable bonds is 2. The second-order valence-corrected chi connectivity index (χ2v) is 4.56. The molecule has 0 saturated heterocycles. The number of aliphatic hydroxyl groups is 1. The van der Waals surface area contributed by atoms with Gasteiger partial charge in [0.2, 0.25) is 5.60 Å². The predicted molar refractivity (Wildman–Crippen MR) is 52.7 cm³/mol. The third-order valence-corrected chi connectivity index (χ3v) is 3.21. The molecule has 0 aromatic carbocycles. The van der Waals surface area contributed by atoms with Crippen LogP contribution in [-0.4, -0.2) is 17.3 Å². The van der Waals surface area contributed by atoms with E-state index in [2.05, 4.69) is 0 Å². The Hall–Kier alpha value is -0.590. The number of aryl methyl sites for hydroxylation is 1. The molecule has 1 heterocycles. The maximum absolute atomic E-state index is 12.8. The molecule has 0 aliphatic rings. The lowest BCUT2D eigenvalue weighted by atomic mass is 9.87. The van der Waals surface area contributed by atoms with Crippen molar-refractivity contribution in [2.24, 2.45) is 5.73 Å². The van der Waals surface area contributed by atoms with Gasteiger partial charge in [-0.3, -0.25) is 0 Å². The van der Waals surface area contributed by atoms with Crippen molar-refractivity contribution in [2.75, 3.05) is 0 Å². The van der Waals surface area contributed by atoms with Crippen molar-refractivity contribution in [2.45, 2.75) is 31.7 Å². The molecule has 2 nitrogen and oxygen atoms in total. The first-order valence-corrected chi connectivity index (χ1v) is 5.18. The number of hydrogen-bond donors (Lipinski definition) is 2. The summed E-state index contributed by atoms with van der Waals surface area (Å²) in [7, 11) is 0. The largest absolute Gasteiger partial charge is 0.423 e. The van der Waals surface area contributed by atoms with Crippen molar-refractivity contribution in [3.05, 3.63) is 21.9 Å². The van der Waals surface area contributed by atoms with E-state index >= 15 is 0 Å². The minimum absolute atomic E-state index is 0.157. The maximum atomic E-state index is 12.8. The molecule has 0 aliphatic carbocycles. The van der Waals surface area contributed by atoms with Crippen LogP contribution in [0.5, 0.6) is 0 Å². The monoisotopic (exact) mass is 239 g/mol. The first kappa shape index (κ1) is 12.5. The molecule has 1 rings (SSSR count). The molecule has 2 unspecified atom stereocenters. The lowest BCUT2D eigenvalue weighted by Crippen LogP contribution is -2.54. The molecule has 1 aromatic heterocycles. The minimum atomic E-state index is -4.77. The van der Waals surface area contributed by atoms with Crippen LogP contribution in [0.1, 0.15) is 17.4 Å².